The molecular formula is C13H16BrFN2O3S. The number of rotatable bonds is 2. The number of halogens is 2. The van der Waals surface area contributed by atoms with E-state index in [9.17, 15) is 17.6 Å². The fourth-order valence-corrected chi connectivity index (χ4v) is 4.07. The van der Waals surface area contributed by atoms with E-state index in [1.54, 1.807) is 4.90 Å². The maximum absolute atomic E-state index is 14.0. The van der Waals surface area contributed by atoms with Crippen LogP contribution in [0.5, 0.6) is 0 Å². The highest BCUT2D eigenvalue weighted by Gasteiger charge is 2.28. The van der Waals surface area contributed by atoms with Crippen LogP contribution in [0.1, 0.15) is 36.5 Å². The van der Waals surface area contributed by atoms with Gasteiger partial charge in [-0.3, -0.25) is 4.79 Å². The van der Waals surface area contributed by atoms with E-state index in [1.165, 1.54) is 0 Å². The minimum absolute atomic E-state index is 0.00532. The quantitative estimate of drug-likeness (QED) is 0.856. The number of nitrogens with zero attached hydrogens (tertiary/aromatic N) is 1. The standard InChI is InChI=1S/C13H16BrFN2O3S/c1-8-4-2-3-5-17(8)13(18)9-6-12(21(16,19)20)10(14)7-11(9)15/h6-8H,2-5H2,1H3,(H2,16,19,20). The van der Waals surface area contributed by atoms with Gasteiger partial charge in [-0.1, -0.05) is 0 Å². The monoisotopic (exact) mass is 378 g/mol. The SMILES string of the molecule is CC1CCCCN1C(=O)c1cc(S(N)(=O)=O)c(Br)cc1F. The highest BCUT2D eigenvalue weighted by atomic mass is 79.9. The summed E-state index contributed by atoms with van der Waals surface area (Å²) in [7, 11) is -4.03. The molecule has 1 heterocycles. The zero-order chi connectivity index (χ0) is 15.8. The van der Waals surface area contributed by atoms with Crippen LogP contribution in [0, 0.1) is 5.82 Å². The summed E-state index contributed by atoms with van der Waals surface area (Å²) in [5.41, 5.74) is -0.268. The Kier molecular flexibility index (Phi) is 4.69. The number of carbonyl (C=O) groups is 1. The Balaban J connectivity index is 2.46. The lowest BCUT2D eigenvalue weighted by Crippen LogP contribution is -2.42. The first kappa shape index (κ1) is 16.4. The van der Waals surface area contributed by atoms with E-state index < -0.39 is 21.7 Å². The van der Waals surface area contributed by atoms with Crippen LogP contribution in [0.3, 0.4) is 0 Å². The summed E-state index contributed by atoms with van der Waals surface area (Å²) >= 11 is 2.95. The van der Waals surface area contributed by atoms with E-state index in [0.717, 1.165) is 31.4 Å². The summed E-state index contributed by atoms with van der Waals surface area (Å²) in [6.45, 7) is 2.44. The number of sulfonamides is 1. The topological polar surface area (TPSA) is 80.5 Å². The fourth-order valence-electron chi connectivity index (χ4n) is 2.47. The van der Waals surface area contributed by atoms with Crippen molar-refractivity contribution >= 4 is 31.9 Å². The molecule has 1 aliphatic heterocycles. The maximum Gasteiger partial charge on any atom is 0.257 e. The van der Waals surface area contributed by atoms with Gasteiger partial charge in [0.2, 0.25) is 10.0 Å². The van der Waals surface area contributed by atoms with Gasteiger partial charge in [-0.15, -0.1) is 0 Å². The van der Waals surface area contributed by atoms with E-state index in [4.69, 9.17) is 5.14 Å². The predicted octanol–water partition coefficient (Wildman–Crippen LogP) is 2.25. The highest BCUT2D eigenvalue weighted by molar-refractivity contribution is 9.10. The largest absolute Gasteiger partial charge is 0.336 e. The van der Waals surface area contributed by atoms with Gasteiger partial charge in [0, 0.05) is 17.1 Å². The van der Waals surface area contributed by atoms with E-state index in [1.807, 2.05) is 6.92 Å². The lowest BCUT2D eigenvalue weighted by Gasteiger charge is -2.33. The molecule has 0 saturated carbocycles. The average molecular weight is 379 g/mol. The number of piperidine rings is 1. The summed E-state index contributed by atoms with van der Waals surface area (Å²) in [6, 6.07) is 1.97. The van der Waals surface area contributed by atoms with Crippen molar-refractivity contribution in [3.05, 3.63) is 28.0 Å². The Bertz CT molecular complexity index is 678. The number of amides is 1. The van der Waals surface area contributed by atoms with Gasteiger partial charge in [-0.2, -0.15) is 0 Å². The molecule has 1 aliphatic rings. The first-order valence-corrected chi connectivity index (χ1v) is 8.88. The van der Waals surface area contributed by atoms with Gasteiger partial charge in [0.25, 0.3) is 5.91 Å². The number of hydrogen-bond donors (Lipinski definition) is 1. The molecule has 8 heteroatoms. The van der Waals surface area contributed by atoms with Crippen molar-refractivity contribution in [2.45, 2.75) is 37.1 Å². The van der Waals surface area contributed by atoms with Gasteiger partial charge in [-0.05, 0) is 54.2 Å². The van der Waals surface area contributed by atoms with Gasteiger partial charge >= 0.3 is 0 Å². The second kappa shape index (κ2) is 6.02. The normalized spacial score (nSPS) is 19.6. The Labute approximate surface area is 131 Å². The first-order chi connectivity index (χ1) is 9.71. The number of primary sulfonamides is 1. The molecule has 21 heavy (non-hydrogen) atoms. The molecule has 0 bridgehead atoms. The van der Waals surface area contributed by atoms with Crippen molar-refractivity contribution < 1.29 is 17.6 Å². The molecule has 2 N–H and O–H groups in total. The molecule has 2 rings (SSSR count). The van der Waals surface area contributed by atoms with Gasteiger partial charge in [0.15, 0.2) is 0 Å². The van der Waals surface area contributed by atoms with Gasteiger partial charge in [0.1, 0.15) is 5.82 Å². The predicted molar refractivity (Wildman–Crippen MR) is 79.8 cm³/mol. The van der Waals surface area contributed by atoms with Crippen molar-refractivity contribution in [3.8, 4) is 0 Å². The van der Waals surface area contributed by atoms with Gasteiger partial charge < -0.3 is 4.90 Å². The summed E-state index contributed by atoms with van der Waals surface area (Å²) < 4.78 is 37.0. The van der Waals surface area contributed by atoms with Crippen LogP contribution in [0.2, 0.25) is 0 Å². The third-order valence-corrected chi connectivity index (χ3v) is 5.49. The molecule has 1 aromatic rings. The average Bonchev–Trinajstić information content (AvgIpc) is 2.37. The van der Waals surface area contributed by atoms with Crippen LogP contribution >= 0.6 is 15.9 Å². The van der Waals surface area contributed by atoms with Crippen molar-refractivity contribution in [1.29, 1.82) is 0 Å². The third-order valence-electron chi connectivity index (χ3n) is 3.62. The lowest BCUT2D eigenvalue weighted by molar-refractivity contribution is 0.0630. The Morgan fingerprint density at radius 2 is 2.10 bits per heavy atom. The van der Waals surface area contributed by atoms with Gasteiger partial charge in [-0.25, -0.2) is 17.9 Å². The smallest absolute Gasteiger partial charge is 0.257 e. The van der Waals surface area contributed by atoms with Crippen LogP contribution in [0.25, 0.3) is 0 Å². The van der Waals surface area contributed by atoms with Crippen molar-refractivity contribution in [3.63, 3.8) is 0 Å². The van der Waals surface area contributed by atoms with Crippen LogP contribution in [-0.2, 0) is 10.0 Å². The summed E-state index contributed by atoms with van der Waals surface area (Å²) in [6.07, 6.45) is 2.73. The molecule has 0 radical (unpaired) electrons. The molecule has 116 valence electrons. The molecule has 5 nitrogen and oxygen atoms in total. The van der Waals surface area contributed by atoms with Crippen molar-refractivity contribution in [2.75, 3.05) is 6.54 Å². The van der Waals surface area contributed by atoms with Gasteiger partial charge in [0.05, 0.1) is 10.5 Å². The second-order valence-corrected chi connectivity index (χ2v) is 7.54. The fraction of sp³-hybridized carbons (Fsp3) is 0.462. The third kappa shape index (κ3) is 3.44. The van der Waals surface area contributed by atoms with Crippen LogP contribution < -0.4 is 5.14 Å². The Morgan fingerprint density at radius 1 is 1.43 bits per heavy atom. The summed E-state index contributed by atoms with van der Waals surface area (Å²) in [5, 5.41) is 5.08. The Morgan fingerprint density at radius 3 is 2.67 bits per heavy atom. The first-order valence-electron chi connectivity index (χ1n) is 6.54. The highest BCUT2D eigenvalue weighted by Crippen LogP contribution is 2.27. The van der Waals surface area contributed by atoms with Crippen molar-refractivity contribution in [2.24, 2.45) is 5.14 Å². The zero-order valence-electron chi connectivity index (χ0n) is 11.5. The zero-order valence-corrected chi connectivity index (χ0v) is 13.9. The summed E-state index contributed by atoms with van der Waals surface area (Å²) in [5.74, 6) is -1.27. The molecule has 1 unspecified atom stereocenters. The molecule has 0 spiro atoms. The Hall–Kier alpha value is -0.990. The van der Waals surface area contributed by atoms with E-state index >= 15 is 0 Å². The number of hydrogen-bond acceptors (Lipinski definition) is 3. The van der Waals surface area contributed by atoms with E-state index in [0.29, 0.717) is 6.54 Å². The van der Waals surface area contributed by atoms with Crippen LogP contribution in [-0.4, -0.2) is 31.8 Å². The molecule has 1 atom stereocenters. The second-order valence-electron chi connectivity index (χ2n) is 5.15. The minimum Gasteiger partial charge on any atom is -0.336 e. The number of nitrogens with two attached hydrogens (primary N) is 1. The molecule has 0 aromatic heterocycles. The van der Waals surface area contributed by atoms with E-state index in [-0.39, 0.29) is 21.0 Å². The molecular weight excluding hydrogens is 363 g/mol. The number of likely N-dealkylation sites (tertiary alicyclic amines) is 1. The van der Waals surface area contributed by atoms with Crippen LogP contribution in [0.4, 0.5) is 4.39 Å². The van der Waals surface area contributed by atoms with E-state index in [2.05, 4.69) is 15.9 Å². The number of benzene rings is 1. The van der Waals surface area contributed by atoms with Crippen molar-refractivity contribution in [1.82, 2.24) is 4.90 Å². The molecule has 1 fully saturated rings. The molecule has 1 saturated heterocycles. The molecule has 0 aliphatic carbocycles. The molecule has 1 aromatic carbocycles. The molecule has 1 amide bonds. The summed E-state index contributed by atoms with van der Waals surface area (Å²) in [4.78, 5) is 13.7. The minimum atomic E-state index is -4.03. The maximum atomic E-state index is 14.0. The van der Waals surface area contributed by atoms with Crippen LogP contribution in [0.15, 0.2) is 21.5 Å². The lowest BCUT2D eigenvalue weighted by atomic mass is 10.0. The number of carbonyl (C=O) groups excluding carboxylic acids is 1.